The van der Waals surface area contributed by atoms with E-state index in [4.69, 9.17) is 9.73 Å². The van der Waals surface area contributed by atoms with Gasteiger partial charge in [-0.15, -0.1) is 0 Å². The molecule has 1 unspecified atom stereocenters. The molecule has 1 atom stereocenters. The molecule has 0 saturated heterocycles. The van der Waals surface area contributed by atoms with E-state index in [9.17, 15) is 0 Å². The first kappa shape index (κ1) is 28.7. The molecule has 0 saturated carbocycles. The van der Waals surface area contributed by atoms with Crippen molar-refractivity contribution in [2.24, 2.45) is 4.99 Å². The Bertz CT molecular complexity index is 1920. The van der Waals surface area contributed by atoms with E-state index in [0.717, 1.165) is 44.5 Å². The van der Waals surface area contributed by atoms with Gasteiger partial charge in [-0.1, -0.05) is 66.7 Å². The lowest BCUT2D eigenvalue weighted by Crippen LogP contribution is -2.61. The summed E-state index contributed by atoms with van der Waals surface area (Å²) in [5.41, 5.74) is 9.12. The maximum absolute atomic E-state index is 7.15. The number of aliphatic imine (C=N–C) groups is 1. The maximum Gasteiger partial charge on any atom is 0.228 e. The van der Waals surface area contributed by atoms with Gasteiger partial charge in [0.15, 0.2) is 0 Å². The summed E-state index contributed by atoms with van der Waals surface area (Å²) < 4.78 is 7.15. The number of fused-ring (bicyclic) bond motifs is 4. The van der Waals surface area contributed by atoms with Crippen molar-refractivity contribution in [2.45, 2.75) is 25.0 Å². The van der Waals surface area contributed by atoms with Gasteiger partial charge >= 0.3 is 0 Å². The first-order chi connectivity index (χ1) is 21.6. The van der Waals surface area contributed by atoms with Gasteiger partial charge in [0, 0.05) is 57.7 Å². The van der Waals surface area contributed by atoms with E-state index in [0.29, 0.717) is 0 Å². The smallest absolute Gasteiger partial charge is 0.228 e. The van der Waals surface area contributed by atoms with Crippen LogP contribution in [0.15, 0.2) is 108 Å². The van der Waals surface area contributed by atoms with Crippen molar-refractivity contribution in [3.05, 3.63) is 125 Å². The second-order valence-electron chi connectivity index (χ2n) is 13.1. The molecule has 0 fully saturated rings. The van der Waals surface area contributed by atoms with Gasteiger partial charge in [-0.3, -0.25) is 4.99 Å². The van der Waals surface area contributed by atoms with Crippen LogP contribution in [0.2, 0.25) is 0 Å². The van der Waals surface area contributed by atoms with E-state index >= 15 is 0 Å². The van der Waals surface area contributed by atoms with Crippen LogP contribution in [0.1, 0.15) is 36.1 Å². The molecule has 0 bridgehead atoms. The van der Waals surface area contributed by atoms with Gasteiger partial charge in [-0.2, -0.15) is 0 Å². The van der Waals surface area contributed by atoms with Crippen molar-refractivity contribution in [1.29, 1.82) is 0 Å². The molecule has 226 valence electrons. The molecule has 0 N–H and O–H groups in total. The molecular formula is C40H40N4O. The number of benzene rings is 5. The van der Waals surface area contributed by atoms with Gasteiger partial charge in [0.25, 0.3) is 0 Å². The fourth-order valence-electron chi connectivity index (χ4n) is 6.93. The van der Waals surface area contributed by atoms with Crippen LogP contribution in [-0.4, -0.2) is 47.2 Å². The fourth-order valence-corrected chi connectivity index (χ4v) is 6.93. The van der Waals surface area contributed by atoms with Crippen molar-refractivity contribution in [2.75, 3.05) is 49.9 Å². The molecule has 2 heterocycles. The topological polar surface area (TPSA) is 31.3 Å². The summed E-state index contributed by atoms with van der Waals surface area (Å²) in [5, 5.41) is 2.22. The Morgan fingerprint density at radius 1 is 0.733 bits per heavy atom. The highest BCUT2D eigenvalue weighted by molar-refractivity contribution is 6.06. The summed E-state index contributed by atoms with van der Waals surface area (Å²) >= 11 is 0. The largest absolute Gasteiger partial charge is 0.459 e. The van der Waals surface area contributed by atoms with Gasteiger partial charge in [-0.25, -0.2) is 0 Å². The Morgan fingerprint density at radius 3 is 1.87 bits per heavy atom. The van der Waals surface area contributed by atoms with Crippen molar-refractivity contribution in [3.63, 3.8) is 0 Å². The summed E-state index contributed by atoms with van der Waals surface area (Å²) in [5.74, 6) is 0.792. The Labute approximate surface area is 266 Å². The average molecular weight is 593 g/mol. The number of para-hydroxylation sites is 1. The molecule has 5 nitrogen and oxygen atoms in total. The van der Waals surface area contributed by atoms with Crippen LogP contribution in [0.5, 0.6) is 5.75 Å². The third-order valence-corrected chi connectivity index (χ3v) is 9.67. The minimum absolute atomic E-state index is 0.325. The van der Waals surface area contributed by atoms with E-state index in [1.54, 1.807) is 0 Å². The van der Waals surface area contributed by atoms with E-state index in [1.807, 2.05) is 6.21 Å². The van der Waals surface area contributed by atoms with Gasteiger partial charge in [0.1, 0.15) is 11.4 Å². The summed E-state index contributed by atoms with van der Waals surface area (Å²) in [4.78, 5) is 11.6. The lowest BCUT2D eigenvalue weighted by molar-refractivity contribution is 0.0826. The maximum atomic E-state index is 7.15. The van der Waals surface area contributed by atoms with Gasteiger partial charge in [-0.05, 0) is 89.5 Å². The van der Waals surface area contributed by atoms with E-state index in [2.05, 4.69) is 173 Å². The highest BCUT2D eigenvalue weighted by Gasteiger charge is 2.58. The SMILES string of the molecule is CN(C)c1ccc(C(=Cc2cc3c(c4ccccc24)N=CC2(O3)N(C)c3ccccc3C2(C)C)c2ccc(N(C)C)cc2)cc1. The number of likely N-dealkylation sites (N-methyl/N-ethyl adjacent to an activating group) is 1. The molecule has 5 aromatic rings. The third-order valence-electron chi connectivity index (χ3n) is 9.67. The molecule has 2 aliphatic rings. The van der Waals surface area contributed by atoms with Crippen molar-refractivity contribution < 1.29 is 4.74 Å². The van der Waals surface area contributed by atoms with E-state index < -0.39 is 5.72 Å². The number of hydrogen-bond acceptors (Lipinski definition) is 5. The number of nitrogens with zero attached hydrogens (tertiary/aromatic N) is 4. The van der Waals surface area contributed by atoms with E-state index in [-0.39, 0.29) is 5.41 Å². The van der Waals surface area contributed by atoms with Crippen LogP contribution in [0, 0.1) is 0 Å². The highest BCUT2D eigenvalue weighted by atomic mass is 16.5. The van der Waals surface area contributed by atoms with Gasteiger partial charge < -0.3 is 19.4 Å². The van der Waals surface area contributed by atoms with Gasteiger partial charge in [0.2, 0.25) is 5.72 Å². The van der Waals surface area contributed by atoms with Crippen LogP contribution in [0.25, 0.3) is 22.4 Å². The van der Waals surface area contributed by atoms with Crippen LogP contribution < -0.4 is 19.4 Å². The molecular weight excluding hydrogens is 552 g/mol. The van der Waals surface area contributed by atoms with Crippen molar-refractivity contribution in [3.8, 4) is 5.75 Å². The van der Waals surface area contributed by atoms with E-state index in [1.165, 1.54) is 22.6 Å². The van der Waals surface area contributed by atoms with Crippen LogP contribution in [0.4, 0.5) is 22.7 Å². The molecule has 0 amide bonds. The van der Waals surface area contributed by atoms with Crippen molar-refractivity contribution in [1.82, 2.24) is 0 Å². The first-order valence-electron chi connectivity index (χ1n) is 15.5. The van der Waals surface area contributed by atoms with Crippen LogP contribution in [-0.2, 0) is 5.41 Å². The Hall–Kier alpha value is -5.03. The molecule has 1 spiro atoms. The highest BCUT2D eigenvalue weighted by Crippen LogP contribution is 2.54. The third kappa shape index (κ3) is 4.49. The minimum Gasteiger partial charge on any atom is -0.459 e. The average Bonchev–Trinajstić information content (AvgIpc) is 3.21. The Balaban J connectivity index is 1.41. The predicted octanol–water partition coefficient (Wildman–Crippen LogP) is 8.78. The standard InChI is InChI=1S/C40H40N4O/c1-39(2)35-14-10-11-15-36(35)44(7)40(39)26-41-38-33-13-9-8-12-32(33)29(25-37(38)45-40)24-34(27-16-20-30(21-17-27)42(3)4)28-18-22-31(23-19-28)43(5)6/h8-26H,1-7H3. The lowest BCUT2D eigenvalue weighted by Gasteiger charge is -2.45. The molecule has 0 radical (unpaired) electrons. The minimum atomic E-state index is -0.750. The first-order valence-corrected chi connectivity index (χ1v) is 15.5. The zero-order chi connectivity index (χ0) is 31.5. The lowest BCUT2D eigenvalue weighted by atomic mass is 9.77. The van der Waals surface area contributed by atoms with Crippen LogP contribution >= 0.6 is 0 Å². The predicted molar refractivity (Wildman–Crippen MR) is 192 cm³/mol. The number of anilines is 3. The quantitative estimate of drug-likeness (QED) is 0.191. The Kier molecular flexibility index (Phi) is 6.74. The molecule has 7 rings (SSSR count). The van der Waals surface area contributed by atoms with Gasteiger partial charge in [0.05, 0.1) is 11.6 Å². The fraction of sp³-hybridized carbons (Fsp3) is 0.225. The zero-order valence-electron chi connectivity index (χ0n) is 27.2. The summed E-state index contributed by atoms with van der Waals surface area (Å²) in [6.45, 7) is 4.50. The summed E-state index contributed by atoms with van der Waals surface area (Å²) in [6, 6.07) is 36.8. The molecule has 2 aliphatic heterocycles. The molecule has 0 aromatic heterocycles. The summed E-state index contributed by atoms with van der Waals surface area (Å²) in [6.07, 6.45) is 4.33. The molecule has 45 heavy (non-hydrogen) atoms. The number of hydrogen-bond donors (Lipinski definition) is 0. The van der Waals surface area contributed by atoms with Crippen LogP contribution in [0.3, 0.4) is 0 Å². The monoisotopic (exact) mass is 592 g/mol. The zero-order valence-corrected chi connectivity index (χ0v) is 27.2. The molecule has 5 aromatic carbocycles. The molecule has 0 aliphatic carbocycles. The normalized spacial score (nSPS) is 17.5. The number of ether oxygens (including phenoxy) is 1. The number of rotatable bonds is 5. The Morgan fingerprint density at radius 2 is 1.29 bits per heavy atom. The second-order valence-corrected chi connectivity index (χ2v) is 13.1. The summed E-state index contributed by atoms with van der Waals surface area (Å²) in [7, 11) is 10.4. The molecule has 5 heteroatoms. The second kappa shape index (κ2) is 10.6. The van der Waals surface area contributed by atoms with Crippen molar-refractivity contribution >= 4 is 51.4 Å².